The van der Waals surface area contributed by atoms with Crippen molar-refractivity contribution in [1.29, 1.82) is 0 Å². The van der Waals surface area contributed by atoms with E-state index in [2.05, 4.69) is 40.0 Å². The van der Waals surface area contributed by atoms with Gasteiger partial charge in [0.25, 0.3) is 0 Å². The molecule has 2 nitrogen and oxygen atoms in total. The summed E-state index contributed by atoms with van der Waals surface area (Å²) in [4.78, 5) is 2.28. The molecule has 100 valence electrons. The summed E-state index contributed by atoms with van der Waals surface area (Å²) in [5.74, 6) is 0.407. The molecule has 0 saturated carbocycles. The first-order valence-electron chi connectivity index (χ1n) is 6.51. The summed E-state index contributed by atoms with van der Waals surface area (Å²) < 4.78 is 14.4. The van der Waals surface area contributed by atoms with Crippen LogP contribution in [0.25, 0.3) is 0 Å². The van der Waals surface area contributed by atoms with Crippen LogP contribution in [-0.4, -0.2) is 25.7 Å². The number of nitrogens with zero attached hydrogens (tertiary/aromatic N) is 1. The van der Waals surface area contributed by atoms with E-state index in [4.69, 9.17) is 0 Å². The number of hydrogen-bond acceptors (Lipinski definition) is 2. The number of halogens is 2. The molecule has 0 aliphatic carbocycles. The highest BCUT2D eigenvalue weighted by Crippen LogP contribution is 2.28. The predicted molar refractivity (Wildman–Crippen MR) is 77.6 cm³/mol. The van der Waals surface area contributed by atoms with Gasteiger partial charge >= 0.3 is 0 Å². The average Bonchev–Trinajstić information content (AvgIpc) is 2.58. The maximum Gasteiger partial charge on any atom is 0.125 e. The molecule has 0 aromatic heterocycles. The van der Waals surface area contributed by atoms with Crippen LogP contribution >= 0.6 is 15.9 Å². The Balaban J connectivity index is 2.22. The Hall–Kier alpha value is -0.610. The number of rotatable bonds is 2. The maximum atomic E-state index is 13.4. The van der Waals surface area contributed by atoms with E-state index >= 15 is 0 Å². The number of anilines is 1. The minimum Gasteiger partial charge on any atom is -0.369 e. The minimum absolute atomic E-state index is 0.175. The van der Waals surface area contributed by atoms with Crippen molar-refractivity contribution in [2.75, 3.05) is 24.5 Å². The van der Waals surface area contributed by atoms with Gasteiger partial charge in [-0.1, -0.05) is 13.8 Å². The Kier molecular flexibility index (Phi) is 4.62. The van der Waals surface area contributed by atoms with E-state index in [0.29, 0.717) is 12.0 Å². The van der Waals surface area contributed by atoms with Gasteiger partial charge in [-0.15, -0.1) is 0 Å². The largest absolute Gasteiger partial charge is 0.369 e. The molecule has 1 aliphatic heterocycles. The highest BCUT2D eigenvalue weighted by molar-refractivity contribution is 9.10. The van der Waals surface area contributed by atoms with Gasteiger partial charge in [-0.25, -0.2) is 4.39 Å². The molecule has 1 saturated heterocycles. The summed E-state index contributed by atoms with van der Waals surface area (Å²) in [6, 6.07) is 5.35. The molecule has 1 atom stereocenters. The molecule has 1 aromatic carbocycles. The summed E-state index contributed by atoms with van der Waals surface area (Å²) in [6.07, 6.45) is 1.09. The Morgan fingerprint density at radius 1 is 1.44 bits per heavy atom. The van der Waals surface area contributed by atoms with E-state index in [9.17, 15) is 4.39 Å². The van der Waals surface area contributed by atoms with Crippen LogP contribution in [0, 0.1) is 11.7 Å². The highest BCUT2D eigenvalue weighted by Gasteiger charge is 2.21. The van der Waals surface area contributed by atoms with Crippen molar-refractivity contribution in [2.45, 2.75) is 26.3 Å². The Labute approximate surface area is 117 Å². The monoisotopic (exact) mass is 314 g/mol. The van der Waals surface area contributed by atoms with Crippen LogP contribution in [0.1, 0.15) is 20.3 Å². The van der Waals surface area contributed by atoms with Gasteiger partial charge in [0.05, 0.1) is 5.69 Å². The van der Waals surface area contributed by atoms with Crippen LogP contribution in [0.3, 0.4) is 0 Å². The summed E-state index contributed by atoms with van der Waals surface area (Å²) in [7, 11) is 0. The van der Waals surface area contributed by atoms with Gasteiger partial charge in [-0.3, -0.25) is 0 Å². The SMILES string of the molecule is CC(C)C1CN(c2cc(F)ccc2Br)CCCN1. The molecule has 1 fully saturated rings. The van der Waals surface area contributed by atoms with Crippen LogP contribution in [0.4, 0.5) is 10.1 Å². The predicted octanol–water partition coefficient (Wildman–Crippen LogP) is 3.41. The van der Waals surface area contributed by atoms with Gasteiger partial charge in [0.2, 0.25) is 0 Å². The molecule has 1 heterocycles. The lowest BCUT2D eigenvalue weighted by Gasteiger charge is -2.29. The van der Waals surface area contributed by atoms with Crippen LogP contribution in [0.15, 0.2) is 22.7 Å². The van der Waals surface area contributed by atoms with Gasteiger partial charge in [0.1, 0.15) is 5.82 Å². The standard InChI is InChI=1S/C14H20BrFN2/c1-10(2)13-9-18(7-3-6-17-13)14-8-11(16)4-5-12(14)15/h4-5,8,10,13,17H,3,6-7,9H2,1-2H3. The molecule has 1 N–H and O–H groups in total. The lowest BCUT2D eigenvalue weighted by Crippen LogP contribution is -2.41. The lowest BCUT2D eigenvalue weighted by molar-refractivity contribution is 0.420. The van der Waals surface area contributed by atoms with Crippen LogP contribution < -0.4 is 10.2 Å². The third kappa shape index (κ3) is 3.23. The maximum absolute atomic E-state index is 13.4. The number of benzene rings is 1. The smallest absolute Gasteiger partial charge is 0.125 e. The molecule has 18 heavy (non-hydrogen) atoms. The third-order valence-electron chi connectivity index (χ3n) is 3.48. The number of nitrogens with one attached hydrogen (secondary N) is 1. The average molecular weight is 315 g/mol. The van der Waals surface area contributed by atoms with Crippen molar-refractivity contribution < 1.29 is 4.39 Å². The van der Waals surface area contributed by atoms with Crippen molar-refractivity contribution in [3.8, 4) is 0 Å². The zero-order valence-corrected chi connectivity index (χ0v) is 12.5. The van der Waals surface area contributed by atoms with Gasteiger partial charge in [-0.05, 0) is 53.0 Å². The fourth-order valence-electron chi connectivity index (χ4n) is 2.34. The second-order valence-corrected chi connectivity index (χ2v) is 6.05. The summed E-state index contributed by atoms with van der Waals surface area (Å²) in [6.45, 7) is 7.38. The Morgan fingerprint density at radius 2 is 2.22 bits per heavy atom. The van der Waals surface area contributed by atoms with Gasteiger partial charge in [0, 0.05) is 23.6 Å². The fraction of sp³-hybridized carbons (Fsp3) is 0.571. The molecule has 0 amide bonds. The first-order chi connectivity index (χ1) is 8.58. The molecule has 0 spiro atoms. The topological polar surface area (TPSA) is 15.3 Å². The molecule has 0 radical (unpaired) electrons. The quantitative estimate of drug-likeness (QED) is 0.900. The third-order valence-corrected chi connectivity index (χ3v) is 4.15. The van der Waals surface area contributed by atoms with Crippen molar-refractivity contribution in [2.24, 2.45) is 5.92 Å². The van der Waals surface area contributed by atoms with Crippen LogP contribution in [0.2, 0.25) is 0 Å². The van der Waals surface area contributed by atoms with Crippen molar-refractivity contribution in [3.05, 3.63) is 28.5 Å². The zero-order valence-electron chi connectivity index (χ0n) is 10.9. The van der Waals surface area contributed by atoms with Crippen molar-refractivity contribution in [1.82, 2.24) is 5.32 Å². The summed E-state index contributed by atoms with van der Waals surface area (Å²) in [5.41, 5.74) is 0.962. The zero-order chi connectivity index (χ0) is 13.1. The Morgan fingerprint density at radius 3 is 2.94 bits per heavy atom. The fourth-order valence-corrected chi connectivity index (χ4v) is 2.84. The van der Waals surface area contributed by atoms with Crippen molar-refractivity contribution in [3.63, 3.8) is 0 Å². The second kappa shape index (κ2) is 6.02. The van der Waals surface area contributed by atoms with E-state index < -0.39 is 0 Å². The molecular formula is C14H20BrFN2. The lowest BCUT2D eigenvalue weighted by atomic mass is 10.0. The molecule has 1 aliphatic rings. The first-order valence-corrected chi connectivity index (χ1v) is 7.30. The van der Waals surface area contributed by atoms with Gasteiger partial charge < -0.3 is 10.2 Å². The molecule has 4 heteroatoms. The van der Waals surface area contributed by atoms with E-state index in [1.165, 1.54) is 6.07 Å². The summed E-state index contributed by atoms with van der Waals surface area (Å²) >= 11 is 3.52. The number of hydrogen-bond donors (Lipinski definition) is 1. The van der Waals surface area contributed by atoms with Crippen molar-refractivity contribution >= 4 is 21.6 Å². The van der Waals surface area contributed by atoms with Crippen LogP contribution in [0.5, 0.6) is 0 Å². The minimum atomic E-state index is -0.175. The Bertz CT molecular complexity index is 409. The highest BCUT2D eigenvalue weighted by atomic mass is 79.9. The second-order valence-electron chi connectivity index (χ2n) is 5.20. The summed E-state index contributed by atoms with van der Waals surface area (Å²) in [5, 5.41) is 3.56. The first kappa shape index (κ1) is 13.8. The molecule has 1 aromatic rings. The normalized spacial score (nSPS) is 21.2. The molecular weight excluding hydrogens is 295 g/mol. The van der Waals surface area contributed by atoms with E-state index in [0.717, 1.165) is 36.2 Å². The molecule has 1 unspecified atom stereocenters. The van der Waals surface area contributed by atoms with E-state index in [-0.39, 0.29) is 5.82 Å². The van der Waals surface area contributed by atoms with Crippen LogP contribution in [-0.2, 0) is 0 Å². The van der Waals surface area contributed by atoms with Gasteiger partial charge in [0.15, 0.2) is 0 Å². The van der Waals surface area contributed by atoms with Gasteiger partial charge in [-0.2, -0.15) is 0 Å². The van der Waals surface area contributed by atoms with E-state index in [1.807, 2.05) is 0 Å². The molecule has 0 bridgehead atoms. The van der Waals surface area contributed by atoms with E-state index in [1.54, 1.807) is 12.1 Å². The molecule has 2 rings (SSSR count).